The zero-order valence-corrected chi connectivity index (χ0v) is 13.4. The monoisotopic (exact) mass is 293 g/mol. The van der Waals surface area contributed by atoms with Gasteiger partial charge in [0.05, 0.1) is 6.61 Å². The number of rotatable bonds is 8. The first-order valence-corrected chi connectivity index (χ1v) is 8.02. The molecule has 0 saturated heterocycles. The largest absolute Gasteiger partial charge is 0.463 e. The van der Waals surface area contributed by atoms with Crippen LogP contribution in [0.5, 0.6) is 6.01 Å². The summed E-state index contributed by atoms with van der Waals surface area (Å²) in [4.78, 5) is 12.9. The van der Waals surface area contributed by atoms with Crippen molar-refractivity contribution in [1.82, 2.24) is 15.0 Å². The van der Waals surface area contributed by atoms with Gasteiger partial charge in [-0.3, -0.25) is 0 Å². The second-order valence-electron chi connectivity index (χ2n) is 5.78. The minimum Gasteiger partial charge on any atom is -0.463 e. The molecule has 1 saturated carbocycles. The van der Waals surface area contributed by atoms with Gasteiger partial charge >= 0.3 is 6.01 Å². The summed E-state index contributed by atoms with van der Waals surface area (Å²) in [5, 5.41) is 6.34. The number of nitrogens with one attached hydrogen (secondary N) is 2. The Kier molecular flexibility index (Phi) is 5.59. The molecule has 0 spiro atoms. The van der Waals surface area contributed by atoms with E-state index in [1.165, 1.54) is 32.1 Å². The van der Waals surface area contributed by atoms with Crippen molar-refractivity contribution in [2.75, 3.05) is 30.8 Å². The predicted octanol–water partition coefficient (Wildman–Crippen LogP) is 3.08. The summed E-state index contributed by atoms with van der Waals surface area (Å²) in [5.74, 6) is 1.13. The second-order valence-corrected chi connectivity index (χ2v) is 5.78. The quantitative estimate of drug-likeness (QED) is 0.767. The van der Waals surface area contributed by atoms with E-state index in [4.69, 9.17) is 4.74 Å². The van der Waals surface area contributed by atoms with Crippen LogP contribution in [0.25, 0.3) is 0 Å². The van der Waals surface area contributed by atoms with E-state index >= 15 is 0 Å². The topological polar surface area (TPSA) is 72.0 Å². The minimum absolute atomic E-state index is 0.385. The first kappa shape index (κ1) is 15.8. The van der Waals surface area contributed by atoms with Gasteiger partial charge in [-0.05, 0) is 31.1 Å². The van der Waals surface area contributed by atoms with Crippen LogP contribution in [0.2, 0.25) is 0 Å². The average molecular weight is 293 g/mol. The van der Waals surface area contributed by atoms with Gasteiger partial charge in [0.25, 0.3) is 0 Å². The third-order valence-corrected chi connectivity index (χ3v) is 4.31. The Morgan fingerprint density at radius 1 is 1.10 bits per heavy atom. The van der Waals surface area contributed by atoms with Gasteiger partial charge in [-0.25, -0.2) is 0 Å². The summed E-state index contributed by atoms with van der Waals surface area (Å²) < 4.78 is 5.52. The zero-order valence-electron chi connectivity index (χ0n) is 13.4. The van der Waals surface area contributed by atoms with E-state index in [1.807, 2.05) is 0 Å². The van der Waals surface area contributed by atoms with E-state index < -0.39 is 0 Å². The van der Waals surface area contributed by atoms with Crippen molar-refractivity contribution in [3.63, 3.8) is 0 Å². The molecule has 0 unspecified atom stereocenters. The van der Waals surface area contributed by atoms with Crippen LogP contribution in [0.1, 0.15) is 52.4 Å². The Balaban J connectivity index is 2.04. The highest BCUT2D eigenvalue weighted by Crippen LogP contribution is 2.40. The van der Waals surface area contributed by atoms with Crippen molar-refractivity contribution in [2.45, 2.75) is 52.4 Å². The van der Waals surface area contributed by atoms with E-state index in [1.54, 1.807) is 7.05 Å². The molecule has 118 valence electrons. The van der Waals surface area contributed by atoms with E-state index in [2.05, 4.69) is 39.4 Å². The van der Waals surface area contributed by atoms with Crippen LogP contribution in [0.4, 0.5) is 11.9 Å². The van der Waals surface area contributed by atoms with Crippen LogP contribution >= 0.6 is 0 Å². The van der Waals surface area contributed by atoms with E-state index in [9.17, 15) is 0 Å². The fraction of sp³-hybridized carbons (Fsp3) is 0.800. The summed E-state index contributed by atoms with van der Waals surface area (Å²) in [5.41, 5.74) is 0.400. The van der Waals surface area contributed by atoms with Crippen LogP contribution in [0.15, 0.2) is 0 Å². The highest BCUT2D eigenvalue weighted by Gasteiger charge is 2.31. The maximum atomic E-state index is 5.52. The fourth-order valence-electron chi connectivity index (χ4n) is 2.85. The molecule has 1 aromatic heterocycles. The number of nitrogens with zero attached hydrogens (tertiary/aromatic N) is 3. The van der Waals surface area contributed by atoms with Gasteiger partial charge in [0.1, 0.15) is 0 Å². The van der Waals surface area contributed by atoms with Gasteiger partial charge in [-0.1, -0.05) is 26.7 Å². The molecule has 0 atom stereocenters. The fourth-order valence-corrected chi connectivity index (χ4v) is 2.85. The van der Waals surface area contributed by atoms with Gasteiger partial charge in [0, 0.05) is 13.6 Å². The number of aromatic nitrogens is 3. The van der Waals surface area contributed by atoms with Crippen LogP contribution < -0.4 is 15.4 Å². The SMILES string of the molecule is CCCOc1nc(NC)nc(NCC2(CC)CCCC2)n1. The molecule has 2 N–H and O–H groups in total. The van der Waals surface area contributed by atoms with Crippen LogP contribution in [-0.2, 0) is 0 Å². The molecule has 0 radical (unpaired) electrons. The molecular weight excluding hydrogens is 266 g/mol. The molecule has 0 bridgehead atoms. The Hall–Kier alpha value is -1.59. The lowest BCUT2D eigenvalue weighted by molar-refractivity contribution is 0.290. The van der Waals surface area contributed by atoms with E-state index in [0.717, 1.165) is 13.0 Å². The highest BCUT2D eigenvalue weighted by molar-refractivity contribution is 5.35. The summed E-state index contributed by atoms with van der Waals surface area (Å²) >= 11 is 0. The summed E-state index contributed by atoms with van der Waals surface area (Å²) in [6.45, 7) is 5.87. The molecule has 0 amide bonds. The standard InChI is InChI=1S/C15H27N5O/c1-4-10-21-14-19-12(16-3)18-13(20-14)17-11-15(5-2)8-6-7-9-15/h4-11H2,1-3H3,(H2,16,17,18,19,20). The smallest absolute Gasteiger partial charge is 0.323 e. The number of hydrogen-bond donors (Lipinski definition) is 2. The Morgan fingerprint density at radius 3 is 2.43 bits per heavy atom. The van der Waals surface area contributed by atoms with Crippen molar-refractivity contribution in [2.24, 2.45) is 5.41 Å². The van der Waals surface area contributed by atoms with Crippen LogP contribution in [0.3, 0.4) is 0 Å². The summed E-state index contributed by atoms with van der Waals surface area (Å²) in [6.07, 6.45) is 7.38. The Morgan fingerprint density at radius 2 is 1.81 bits per heavy atom. The zero-order chi connectivity index (χ0) is 15.1. The van der Waals surface area contributed by atoms with Gasteiger partial charge in [0.15, 0.2) is 0 Å². The first-order chi connectivity index (χ1) is 10.2. The maximum Gasteiger partial charge on any atom is 0.323 e. The van der Waals surface area contributed by atoms with Gasteiger partial charge in [-0.2, -0.15) is 15.0 Å². The molecular formula is C15H27N5O. The summed E-state index contributed by atoms with van der Waals surface area (Å²) in [6, 6.07) is 0.385. The lowest BCUT2D eigenvalue weighted by atomic mass is 9.83. The van der Waals surface area contributed by atoms with Crippen LogP contribution in [-0.4, -0.2) is 35.2 Å². The van der Waals surface area contributed by atoms with Crippen LogP contribution in [0, 0.1) is 5.41 Å². The third kappa shape index (κ3) is 4.19. The molecule has 1 fully saturated rings. The van der Waals surface area contributed by atoms with E-state index in [-0.39, 0.29) is 0 Å². The lowest BCUT2D eigenvalue weighted by Gasteiger charge is -2.27. The lowest BCUT2D eigenvalue weighted by Crippen LogP contribution is -2.26. The van der Waals surface area contributed by atoms with Crippen molar-refractivity contribution in [1.29, 1.82) is 0 Å². The molecule has 6 heteroatoms. The van der Waals surface area contributed by atoms with Crippen molar-refractivity contribution < 1.29 is 4.74 Å². The van der Waals surface area contributed by atoms with Gasteiger partial charge in [0.2, 0.25) is 11.9 Å². The summed E-state index contributed by atoms with van der Waals surface area (Å²) in [7, 11) is 1.80. The Labute approximate surface area is 127 Å². The maximum absolute atomic E-state index is 5.52. The first-order valence-electron chi connectivity index (χ1n) is 8.02. The van der Waals surface area contributed by atoms with Gasteiger partial charge < -0.3 is 15.4 Å². The molecule has 21 heavy (non-hydrogen) atoms. The molecule has 1 aliphatic rings. The molecule has 1 aromatic rings. The number of anilines is 2. The molecule has 1 heterocycles. The molecule has 1 aliphatic carbocycles. The molecule has 0 aliphatic heterocycles. The minimum atomic E-state index is 0.385. The molecule has 0 aromatic carbocycles. The van der Waals surface area contributed by atoms with Crippen molar-refractivity contribution >= 4 is 11.9 Å². The highest BCUT2D eigenvalue weighted by atomic mass is 16.5. The molecule has 2 rings (SSSR count). The number of hydrogen-bond acceptors (Lipinski definition) is 6. The predicted molar refractivity (Wildman–Crippen MR) is 84.8 cm³/mol. The van der Waals surface area contributed by atoms with Gasteiger partial charge in [-0.15, -0.1) is 0 Å². The third-order valence-electron chi connectivity index (χ3n) is 4.31. The second kappa shape index (κ2) is 7.43. The number of ether oxygens (including phenoxy) is 1. The van der Waals surface area contributed by atoms with Crippen molar-refractivity contribution in [3.05, 3.63) is 0 Å². The van der Waals surface area contributed by atoms with Crippen molar-refractivity contribution in [3.8, 4) is 6.01 Å². The average Bonchev–Trinajstić information content (AvgIpc) is 3.00. The Bertz CT molecular complexity index is 446. The van der Waals surface area contributed by atoms with E-state index in [0.29, 0.717) is 29.9 Å². The normalized spacial score (nSPS) is 16.7. The molecule has 6 nitrogen and oxygen atoms in total.